The fraction of sp³-hybridized carbons (Fsp3) is 0.611. The minimum absolute atomic E-state index is 0. The second-order valence-corrected chi connectivity index (χ2v) is 6.37. The van der Waals surface area contributed by atoms with E-state index in [0.717, 1.165) is 12.0 Å². The molecule has 2 rings (SSSR count). The van der Waals surface area contributed by atoms with Crippen LogP contribution in [-0.2, 0) is 9.53 Å². The molecule has 1 aromatic rings. The summed E-state index contributed by atoms with van der Waals surface area (Å²) in [7, 11) is 1.61. The first kappa shape index (κ1) is 21.5. The maximum absolute atomic E-state index is 12.3. The van der Waals surface area contributed by atoms with E-state index in [1.807, 2.05) is 39.0 Å². The summed E-state index contributed by atoms with van der Waals surface area (Å²) in [5.74, 6) is 1.25. The molecule has 142 valence electrons. The highest BCUT2D eigenvalue weighted by Gasteiger charge is 2.30. The predicted octanol–water partition coefficient (Wildman–Crippen LogP) is 2.59. The molecule has 0 spiro atoms. The molecule has 0 aliphatic carbocycles. The third-order valence-electron chi connectivity index (χ3n) is 4.07. The molecule has 6 nitrogen and oxygen atoms in total. The van der Waals surface area contributed by atoms with Crippen molar-refractivity contribution in [1.82, 2.24) is 5.32 Å². The van der Waals surface area contributed by atoms with E-state index < -0.39 is 6.10 Å². The molecule has 1 amide bonds. The van der Waals surface area contributed by atoms with Crippen LogP contribution in [0.1, 0.15) is 45.2 Å². The van der Waals surface area contributed by atoms with Gasteiger partial charge in [-0.15, -0.1) is 12.4 Å². The molecule has 0 aromatic heterocycles. The third kappa shape index (κ3) is 5.76. The van der Waals surface area contributed by atoms with Crippen LogP contribution in [0.4, 0.5) is 0 Å². The van der Waals surface area contributed by atoms with Gasteiger partial charge in [-0.3, -0.25) is 4.79 Å². The molecular weight excluding hydrogens is 344 g/mol. The van der Waals surface area contributed by atoms with Crippen molar-refractivity contribution in [3.63, 3.8) is 0 Å². The number of amides is 1. The topological polar surface area (TPSA) is 82.8 Å². The zero-order valence-corrected chi connectivity index (χ0v) is 16.1. The maximum Gasteiger partial charge on any atom is 0.249 e. The Hall–Kier alpha value is -1.50. The zero-order chi connectivity index (χ0) is 17.7. The fourth-order valence-corrected chi connectivity index (χ4v) is 2.77. The van der Waals surface area contributed by atoms with Gasteiger partial charge in [0.15, 0.2) is 11.5 Å². The van der Waals surface area contributed by atoms with E-state index in [4.69, 9.17) is 19.9 Å². The number of nitrogens with two attached hydrogens (primary N) is 1. The molecule has 25 heavy (non-hydrogen) atoms. The summed E-state index contributed by atoms with van der Waals surface area (Å²) in [6.07, 6.45) is 1.19. The van der Waals surface area contributed by atoms with Crippen LogP contribution in [0.15, 0.2) is 18.2 Å². The highest BCUT2D eigenvalue weighted by Crippen LogP contribution is 2.31. The molecular formula is C18H29ClN2O4. The highest BCUT2D eigenvalue weighted by atomic mass is 35.5. The van der Waals surface area contributed by atoms with Gasteiger partial charge in [-0.1, -0.05) is 6.07 Å². The van der Waals surface area contributed by atoms with Gasteiger partial charge in [-0.2, -0.15) is 0 Å². The SMILES string of the molecule is COc1cc(C(C)NC(=O)[C@@H]2CC[C@H](CN)O2)ccc1OC(C)C.Cl. The summed E-state index contributed by atoms with van der Waals surface area (Å²) in [6, 6.07) is 5.54. The molecule has 1 fully saturated rings. The van der Waals surface area contributed by atoms with Crippen LogP contribution in [0.3, 0.4) is 0 Å². The normalized spacial score (nSPS) is 20.7. The lowest BCUT2D eigenvalue weighted by atomic mass is 10.1. The number of carbonyl (C=O) groups is 1. The number of rotatable bonds is 7. The van der Waals surface area contributed by atoms with Crippen LogP contribution in [0, 0.1) is 0 Å². The second kappa shape index (κ2) is 9.85. The van der Waals surface area contributed by atoms with Crippen LogP contribution in [-0.4, -0.2) is 37.9 Å². The molecule has 1 aliphatic rings. The Morgan fingerprint density at radius 3 is 2.60 bits per heavy atom. The minimum atomic E-state index is -0.411. The van der Waals surface area contributed by atoms with Crippen molar-refractivity contribution in [3.8, 4) is 11.5 Å². The van der Waals surface area contributed by atoms with Crippen molar-refractivity contribution in [3.05, 3.63) is 23.8 Å². The molecule has 0 bridgehead atoms. The van der Waals surface area contributed by atoms with Crippen LogP contribution in [0.2, 0.25) is 0 Å². The van der Waals surface area contributed by atoms with E-state index >= 15 is 0 Å². The standard InChI is InChI=1S/C18H28N2O4.ClH/c1-11(2)23-15-7-5-13(9-17(15)22-4)12(3)20-18(21)16-8-6-14(10-19)24-16;/h5,7,9,11-12,14,16H,6,8,10,19H2,1-4H3,(H,20,21);1H/t12?,14-,16+;/m1./s1. The van der Waals surface area contributed by atoms with E-state index in [9.17, 15) is 4.79 Å². The Morgan fingerprint density at radius 2 is 2.04 bits per heavy atom. The van der Waals surface area contributed by atoms with Gasteiger partial charge < -0.3 is 25.3 Å². The Bertz CT molecular complexity index is 568. The highest BCUT2D eigenvalue weighted by molar-refractivity contribution is 5.85. The molecule has 3 N–H and O–H groups in total. The van der Waals surface area contributed by atoms with Crippen molar-refractivity contribution < 1.29 is 19.0 Å². The zero-order valence-electron chi connectivity index (χ0n) is 15.3. The number of halogens is 1. The number of hydrogen-bond acceptors (Lipinski definition) is 5. The molecule has 1 unspecified atom stereocenters. The summed E-state index contributed by atoms with van der Waals surface area (Å²) in [6.45, 7) is 6.32. The summed E-state index contributed by atoms with van der Waals surface area (Å²) in [5, 5.41) is 2.99. The van der Waals surface area contributed by atoms with Gasteiger partial charge in [-0.05, 0) is 51.3 Å². The first-order valence-corrected chi connectivity index (χ1v) is 8.45. The van der Waals surface area contributed by atoms with Gasteiger partial charge in [0.25, 0.3) is 0 Å². The van der Waals surface area contributed by atoms with E-state index in [1.165, 1.54) is 0 Å². The van der Waals surface area contributed by atoms with E-state index in [-0.39, 0.29) is 36.6 Å². The van der Waals surface area contributed by atoms with Crippen molar-refractivity contribution in [2.24, 2.45) is 5.73 Å². The van der Waals surface area contributed by atoms with Crippen LogP contribution in [0.5, 0.6) is 11.5 Å². The summed E-state index contributed by atoms with van der Waals surface area (Å²) < 4.78 is 16.7. The molecule has 0 radical (unpaired) electrons. The number of hydrogen-bond donors (Lipinski definition) is 2. The predicted molar refractivity (Wildman–Crippen MR) is 99.5 cm³/mol. The monoisotopic (exact) mass is 372 g/mol. The van der Waals surface area contributed by atoms with E-state index in [0.29, 0.717) is 24.5 Å². The van der Waals surface area contributed by atoms with Crippen molar-refractivity contribution in [2.75, 3.05) is 13.7 Å². The number of methoxy groups -OCH3 is 1. The van der Waals surface area contributed by atoms with Gasteiger partial charge in [-0.25, -0.2) is 0 Å². The lowest BCUT2D eigenvalue weighted by Crippen LogP contribution is -2.37. The number of carbonyl (C=O) groups excluding carboxylic acids is 1. The minimum Gasteiger partial charge on any atom is -0.493 e. The smallest absolute Gasteiger partial charge is 0.249 e. The number of ether oxygens (including phenoxy) is 3. The maximum atomic E-state index is 12.3. The molecule has 1 aromatic carbocycles. The summed E-state index contributed by atoms with van der Waals surface area (Å²) in [5.41, 5.74) is 6.54. The Labute approximate surface area is 155 Å². The Morgan fingerprint density at radius 1 is 1.32 bits per heavy atom. The van der Waals surface area contributed by atoms with Gasteiger partial charge in [0.2, 0.25) is 5.91 Å². The van der Waals surface area contributed by atoms with Crippen LogP contribution < -0.4 is 20.5 Å². The molecule has 1 aliphatic heterocycles. The van der Waals surface area contributed by atoms with Crippen LogP contribution >= 0.6 is 12.4 Å². The van der Waals surface area contributed by atoms with Crippen LogP contribution in [0.25, 0.3) is 0 Å². The average Bonchev–Trinajstić information content (AvgIpc) is 3.03. The lowest BCUT2D eigenvalue weighted by Gasteiger charge is -2.20. The lowest BCUT2D eigenvalue weighted by molar-refractivity contribution is -0.132. The van der Waals surface area contributed by atoms with Gasteiger partial charge in [0.1, 0.15) is 6.10 Å². The number of benzene rings is 1. The fourth-order valence-electron chi connectivity index (χ4n) is 2.77. The quantitative estimate of drug-likeness (QED) is 0.768. The third-order valence-corrected chi connectivity index (χ3v) is 4.07. The summed E-state index contributed by atoms with van der Waals surface area (Å²) in [4.78, 5) is 12.3. The molecule has 7 heteroatoms. The van der Waals surface area contributed by atoms with Crippen molar-refractivity contribution in [2.45, 2.75) is 58.0 Å². The van der Waals surface area contributed by atoms with E-state index in [2.05, 4.69) is 5.32 Å². The molecule has 0 saturated carbocycles. The first-order valence-electron chi connectivity index (χ1n) is 8.45. The Kier molecular flexibility index (Phi) is 8.48. The largest absolute Gasteiger partial charge is 0.493 e. The number of nitrogens with one attached hydrogen (secondary N) is 1. The molecule has 1 saturated heterocycles. The summed E-state index contributed by atoms with van der Waals surface area (Å²) >= 11 is 0. The van der Waals surface area contributed by atoms with Gasteiger partial charge in [0, 0.05) is 6.54 Å². The van der Waals surface area contributed by atoms with Crippen molar-refractivity contribution in [1.29, 1.82) is 0 Å². The van der Waals surface area contributed by atoms with E-state index in [1.54, 1.807) is 7.11 Å². The Balaban J connectivity index is 0.00000312. The molecule has 3 atom stereocenters. The molecule has 1 heterocycles. The second-order valence-electron chi connectivity index (χ2n) is 6.37. The van der Waals surface area contributed by atoms with Gasteiger partial charge in [0.05, 0.1) is 25.4 Å². The average molecular weight is 373 g/mol. The van der Waals surface area contributed by atoms with Gasteiger partial charge >= 0.3 is 0 Å². The first-order chi connectivity index (χ1) is 11.4. The van der Waals surface area contributed by atoms with Crippen molar-refractivity contribution >= 4 is 18.3 Å².